The number of imidazole rings is 5. The third-order valence-corrected chi connectivity index (χ3v) is 25.6. The van der Waals surface area contributed by atoms with Crippen LogP contribution in [-0.2, 0) is 28.5 Å². The molecule has 1 saturated carbocycles. The first-order valence-electron chi connectivity index (χ1n) is 45.7. The first kappa shape index (κ1) is 88.7. The van der Waals surface area contributed by atoms with Gasteiger partial charge in [0.05, 0.1) is 50.7 Å². The van der Waals surface area contributed by atoms with Gasteiger partial charge in [-0.2, -0.15) is 39.9 Å². The minimum absolute atomic E-state index is 0.0562. The number of likely N-dealkylation sites (tertiary alicyclic amines) is 1. The average molecular weight is 1850 g/mol. The van der Waals surface area contributed by atoms with Crippen molar-refractivity contribution in [3.8, 4) is 23.8 Å². The number of nitrogens with one attached hydrogen (secondary N) is 9. The summed E-state index contributed by atoms with van der Waals surface area (Å²) in [5.41, 5.74) is 7.40. The number of halogens is 4. The summed E-state index contributed by atoms with van der Waals surface area (Å²) in [5, 5.41) is 26.9. The molecule has 0 spiro atoms. The Morgan fingerprint density at radius 1 is 0.481 bits per heavy atom. The maximum atomic E-state index is 14.1. The number of nitrogens with zero attached hydrogens (tertiary/aromatic N) is 22. The highest BCUT2D eigenvalue weighted by molar-refractivity contribution is 5.92. The number of rotatable bonds is 19. The van der Waals surface area contributed by atoms with E-state index in [-0.39, 0.29) is 77.7 Å². The van der Waals surface area contributed by atoms with E-state index in [1.807, 2.05) is 20.8 Å². The summed E-state index contributed by atoms with van der Waals surface area (Å²) < 4.78 is 92.0. The number of hydrogen-bond acceptors (Lipinski definition) is 31. The Hall–Kier alpha value is -14.2. The summed E-state index contributed by atoms with van der Waals surface area (Å²) in [6.45, 7) is 28.0. The van der Waals surface area contributed by atoms with Crippen LogP contribution in [0.25, 0.3) is 79.1 Å². The summed E-state index contributed by atoms with van der Waals surface area (Å²) in [7, 11) is 3.39. The molecule has 135 heavy (non-hydrogen) atoms. The molecule has 2 amide bonds. The summed E-state index contributed by atoms with van der Waals surface area (Å²) in [5.74, 6) is 7.57. The summed E-state index contributed by atoms with van der Waals surface area (Å²) in [4.78, 5) is 106. The molecule has 9 aromatic heterocycles. The molecule has 1 aliphatic carbocycles. The molecule has 0 radical (unpaired) electrons. The van der Waals surface area contributed by atoms with Gasteiger partial charge in [0.15, 0.2) is 46.4 Å². The maximum Gasteiger partial charge on any atom is 0.410 e. The third kappa shape index (κ3) is 18.3. The molecule has 0 atom stereocenters. The summed E-state index contributed by atoms with van der Waals surface area (Å²) in [6.07, 6.45) is 16.2. The van der Waals surface area contributed by atoms with Crippen LogP contribution >= 0.6 is 0 Å². The van der Waals surface area contributed by atoms with E-state index in [0.29, 0.717) is 192 Å². The lowest BCUT2D eigenvalue weighted by Gasteiger charge is -2.39. The van der Waals surface area contributed by atoms with Crippen molar-refractivity contribution in [1.29, 1.82) is 0 Å². The molecule has 704 valence electrons. The normalized spacial score (nSPS) is 17.9. The fourth-order valence-corrected chi connectivity index (χ4v) is 18.2. The van der Waals surface area contributed by atoms with Gasteiger partial charge >= 0.3 is 11.8 Å². The van der Waals surface area contributed by atoms with Crippen LogP contribution in [0.5, 0.6) is 0 Å². The van der Waals surface area contributed by atoms with Gasteiger partial charge in [0.1, 0.15) is 94.2 Å². The Kier molecular flexibility index (Phi) is 24.6. The van der Waals surface area contributed by atoms with Gasteiger partial charge in [-0.05, 0) is 140 Å². The number of ether oxygens (including phenoxy) is 5. The van der Waals surface area contributed by atoms with Gasteiger partial charge in [0.25, 0.3) is 0 Å². The standard InChI is InChI=1S/C26H31FN8O4.C22H25FN8O2.C22H25FN8O.C22H24FN7O/c1-26(2,3)39-25(37)33-12-15(13-33)11-28-21-20-22(35(24(36)30-20)17-6-8-38-9-7-17)32-23(31-21)34-14-29-18-5-4-16(27)10-19(18)34;1-13-26-19-20(24-11-18(32)29(2)3)27-22(28-21(19)31(13)15-6-8-33-9-7-15)30-12-25-16-5-4-14(23)10-17(16)30;1-13-27-19-20(25-11-14-9-24-10-14)28-22(29-21(19)31(13)16-4-6-32-7-5-16)30-12-26-17-3-2-15(23)8-18(17)30;1-13-25-19-20(26-15-3-2-4-15)27-22(28-21(19)30(13)16-7-9-31-10-8-16)29-12-24-17-6-5-14(23)11-18(17)29/h4-5,10,14-15,17H,6-9,11-13H2,1-3H3,(H,30,36)(H,28,31,32);4-5,10,12,15,26H,1,6-9,11H2,2-3H3,(H,24,27,28);2-3,8,12,14,16,24,27H,1,4-7,9-11H2,(H,25,28,29);5-6,11-12,15-16,25H,1-4,7-10H2,(H,26,27,28). The van der Waals surface area contributed by atoms with Crippen LogP contribution in [0.2, 0.25) is 0 Å². The highest BCUT2D eigenvalue weighted by atomic mass is 19.1. The molecular formula is C92H105F4N31O8. The molecule has 18 heterocycles. The Morgan fingerprint density at radius 2 is 0.852 bits per heavy atom. The van der Waals surface area contributed by atoms with Gasteiger partial charge in [-0.3, -0.25) is 27.6 Å². The van der Waals surface area contributed by atoms with E-state index >= 15 is 0 Å². The fraction of sp³-hybridized carbons (Fsp3) is 0.424. The van der Waals surface area contributed by atoms with Crippen molar-refractivity contribution in [2.24, 2.45) is 11.8 Å². The molecule has 9 aliphatic heterocycles. The lowest BCUT2D eigenvalue weighted by Crippen LogP contribution is -2.53. The van der Waals surface area contributed by atoms with Crippen LogP contribution in [-0.4, -0.2) is 252 Å². The van der Waals surface area contributed by atoms with E-state index in [1.54, 1.807) is 91.4 Å². The molecule has 7 fully saturated rings. The minimum Gasteiger partial charge on any atom is -0.444 e. The van der Waals surface area contributed by atoms with Gasteiger partial charge in [0.2, 0.25) is 29.7 Å². The molecule has 9 N–H and O–H groups in total. The zero-order valence-electron chi connectivity index (χ0n) is 75.4. The number of anilines is 10. The topological polar surface area (TPSA) is 405 Å². The van der Waals surface area contributed by atoms with E-state index in [4.69, 9.17) is 58.6 Å². The van der Waals surface area contributed by atoms with Crippen LogP contribution in [0.15, 0.2) is 140 Å². The lowest BCUT2D eigenvalue weighted by atomic mass is 9.93. The number of carbonyl (C=O) groups is 2. The summed E-state index contributed by atoms with van der Waals surface area (Å²) >= 11 is 0. The second-order valence-electron chi connectivity index (χ2n) is 36.2. The molecule has 13 aromatic rings. The van der Waals surface area contributed by atoms with E-state index in [1.165, 1.54) is 59.9 Å². The average Bonchev–Trinajstić information content (AvgIpc) is 1.62. The van der Waals surface area contributed by atoms with Gasteiger partial charge < -0.3 is 95.7 Å². The fourth-order valence-electron chi connectivity index (χ4n) is 18.2. The molecule has 43 heteroatoms. The predicted molar refractivity (Wildman–Crippen MR) is 502 cm³/mol. The number of carbonyl (C=O) groups excluding carboxylic acids is 2. The van der Waals surface area contributed by atoms with Gasteiger partial charge in [-0.1, -0.05) is 19.7 Å². The zero-order valence-corrected chi connectivity index (χ0v) is 75.4. The van der Waals surface area contributed by atoms with Crippen molar-refractivity contribution < 1.29 is 50.8 Å². The van der Waals surface area contributed by atoms with Crippen LogP contribution in [0.1, 0.15) is 97.4 Å². The van der Waals surface area contributed by atoms with Crippen molar-refractivity contribution in [2.75, 3.05) is 165 Å². The minimum atomic E-state index is -0.548. The number of benzene rings is 4. The lowest BCUT2D eigenvalue weighted by molar-refractivity contribution is -0.126. The van der Waals surface area contributed by atoms with Gasteiger partial charge in [0, 0.05) is 173 Å². The largest absolute Gasteiger partial charge is 0.444 e. The van der Waals surface area contributed by atoms with Crippen molar-refractivity contribution in [2.45, 2.75) is 127 Å². The molecule has 6 saturated heterocycles. The molecule has 39 nitrogen and oxygen atoms in total. The van der Waals surface area contributed by atoms with E-state index in [9.17, 15) is 31.9 Å². The number of hydrogen-bond donors (Lipinski definition) is 9. The second-order valence-corrected chi connectivity index (χ2v) is 36.2. The number of aromatic amines is 1. The molecule has 23 rings (SSSR count). The number of H-pyrrole nitrogens is 1. The number of aromatic nitrogens is 18. The van der Waals surface area contributed by atoms with Crippen LogP contribution in [0.4, 0.5) is 80.1 Å². The monoisotopic (exact) mass is 1850 g/mol. The Morgan fingerprint density at radius 3 is 1.24 bits per heavy atom. The van der Waals surface area contributed by atoms with Crippen molar-refractivity contribution >= 4 is 125 Å². The number of fused-ring (bicyclic) bond motifs is 8. The highest BCUT2D eigenvalue weighted by Crippen LogP contribution is 2.47. The molecule has 10 aliphatic rings. The van der Waals surface area contributed by atoms with E-state index < -0.39 is 11.4 Å². The highest BCUT2D eigenvalue weighted by Gasteiger charge is 2.41. The smallest absolute Gasteiger partial charge is 0.410 e. The van der Waals surface area contributed by atoms with Crippen molar-refractivity contribution in [3.63, 3.8) is 0 Å². The molecular weight excluding hydrogens is 1740 g/mol. The van der Waals surface area contributed by atoms with Gasteiger partial charge in [-0.25, -0.2) is 47.1 Å². The third-order valence-electron chi connectivity index (χ3n) is 25.6. The molecule has 0 unspecified atom stereocenters. The maximum absolute atomic E-state index is 14.1. The van der Waals surface area contributed by atoms with E-state index in [2.05, 4.69) is 107 Å². The van der Waals surface area contributed by atoms with E-state index in [0.717, 1.165) is 125 Å². The SMILES string of the molecule is C=C1Nc2c(NC3CCC3)nc(-n3cnc4ccc(F)cc43)nc2N1C1CCOCC1.C=C1Nc2c(NCC(=O)N(C)C)nc(-n3cnc4ccc(F)cc43)nc2N1C1CCOCC1.C=C1Nc2c(NCC3CNC3)nc(-n3cnc4ccc(F)cc43)nc2N1C1CCOCC1.CC(C)(C)OC(=O)N1CC(CNc2nc(-n3cnc4ccc(F)cc43)nc3c2[nH]c(=O)n3C2CCOCC2)C1. The second kappa shape index (κ2) is 37.4. The van der Waals surface area contributed by atoms with Crippen LogP contribution in [0.3, 0.4) is 0 Å². The molecule has 0 bridgehead atoms. The Bertz CT molecular complexity index is 6770. The number of amides is 2. The van der Waals surface area contributed by atoms with Crippen LogP contribution in [0, 0.1) is 35.1 Å². The molecule has 4 aromatic carbocycles. The first-order valence-corrected chi connectivity index (χ1v) is 45.7. The van der Waals surface area contributed by atoms with Gasteiger partial charge in [-0.15, -0.1) is 0 Å². The predicted octanol–water partition coefficient (Wildman–Crippen LogP) is 11.8. The Balaban J connectivity index is 0.000000112. The quantitative estimate of drug-likeness (QED) is 0.0340. The van der Waals surface area contributed by atoms with Crippen molar-refractivity contribution in [3.05, 3.63) is 169 Å². The zero-order chi connectivity index (χ0) is 93.0. The summed E-state index contributed by atoms with van der Waals surface area (Å²) in [6, 6.07) is 18.8. The Labute approximate surface area is 771 Å². The van der Waals surface area contributed by atoms with Crippen LogP contribution < -0.4 is 62.9 Å². The van der Waals surface area contributed by atoms with Crippen molar-refractivity contribution in [1.82, 2.24) is 103 Å². The number of likely N-dealkylation sites (N-methyl/N-ethyl adjacent to an activating group) is 1. The first-order chi connectivity index (χ1) is 65.4.